The zero-order chi connectivity index (χ0) is 27.9. The number of benzene rings is 1. The molecule has 3 amide bonds. The molecule has 8 nitrogen and oxygen atoms in total. The van der Waals surface area contributed by atoms with Crippen LogP contribution in [0.25, 0.3) is 0 Å². The molecule has 2 fully saturated rings. The van der Waals surface area contributed by atoms with Crippen LogP contribution in [-0.4, -0.2) is 87.1 Å². The molecule has 0 bridgehead atoms. The Morgan fingerprint density at radius 1 is 0.949 bits per heavy atom. The van der Waals surface area contributed by atoms with E-state index in [4.69, 9.17) is 4.74 Å². The number of ether oxygens (including phenoxy) is 1. The third kappa shape index (κ3) is 4.23. The van der Waals surface area contributed by atoms with Crippen LogP contribution in [0.15, 0.2) is 54.6 Å². The van der Waals surface area contributed by atoms with Crippen molar-refractivity contribution in [3.63, 3.8) is 0 Å². The van der Waals surface area contributed by atoms with E-state index in [1.165, 1.54) is 0 Å². The van der Waals surface area contributed by atoms with Crippen LogP contribution in [0.4, 0.5) is 0 Å². The number of nitrogens with zero attached hydrogens (tertiary/aromatic N) is 3. The largest absolute Gasteiger partial charge is 0.394 e. The molecule has 210 valence electrons. The minimum absolute atomic E-state index is 0.101. The maximum Gasteiger partial charge on any atom is 0.249 e. The smallest absolute Gasteiger partial charge is 0.249 e. The van der Waals surface area contributed by atoms with Gasteiger partial charge >= 0.3 is 0 Å². The molecule has 1 aromatic rings. The van der Waals surface area contributed by atoms with E-state index >= 15 is 0 Å². The van der Waals surface area contributed by atoms with Gasteiger partial charge < -0.3 is 24.5 Å². The second kappa shape index (κ2) is 10.5. The summed E-state index contributed by atoms with van der Waals surface area (Å²) in [5, 5.41) is 10.5. The first-order valence-corrected chi connectivity index (χ1v) is 14.3. The number of carbonyl (C=O) groups is 3. The fourth-order valence-electron chi connectivity index (χ4n) is 7.19. The average molecular weight is 536 g/mol. The van der Waals surface area contributed by atoms with Crippen LogP contribution in [-0.2, 0) is 25.7 Å². The lowest BCUT2D eigenvalue weighted by Gasteiger charge is -2.41. The molecule has 4 heterocycles. The number of likely N-dealkylation sites (tertiary alicyclic amines) is 1. The van der Waals surface area contributed by atoms with Gasteiger partial charge in [0.05, 0.1) is 30.1 Å². The molecule has 1 aromatic carbocycles. The molecule has 0 aliphatic carbocycles. The number of carbonyl (C=O) groups excluding carboxylic acids is 3. The summed E-state index contributed by atoms with van der Waals surface area (Å²) >= 11 is 0. The van der Waals surface area contributed by atoms with Crippen molar-refractivity contribution in [1.82, 2.24) is 14.7 Å². The van der Waals surface area contributed by atoms with Gasteiger partial charge in [-0.2, -0.15) is 0 Å². The van der Waals surface area contributed by atoms with Gasteiger partial charge in [0.1, 0.15) is 11.6 Å². The summed E-state index contributed by atoms with van der Waals surface area (Å²) in [7, 11) is 0. The summed E-state index contributed by atoms with van der Waals surface area (Å²) in [4.78, 5) is 48.3. The standard InChI is InChI=1S/C31H41N3O5/c1-5-16-32-17-10-14-30(6-2)24(27(32)36)25-28(37)34(23(20-35)21(3)4)26-29(38)33(18-11-15-31(25,26)39-30)19-22-12-8-7-9-13-22/h7-15,21,23-26,35H,5-6,16-20H2,1-4H3/t23-,24-,25-,26?,30+,31-/m0/s1. The van der Waals surface area contributed by atoms with Crippen LogP contribution in [0.2, 0.25) is 0 Å². The Morgan fingerprint density at radius 3 is 2.28 bits per heavy atom. The highest BCUT2D eigenvalue weighted by atomic mass is 16.5. The molecule has 1 N–H and O–H groups in total. The normalized spacial score (nSPS) is 32.8. The number of fused-ring (bicyclic) bond motifs is 2. The Hall–Kier alpha value is -2.97. The number of rotatable bonds is 8. The number of aliphatic hydroxyl groups excluding tert-OH is 1. The zero-order valence-corrected chi connectivity index (χ0v) is 23.5. The third-order valence-electron chi connectivity index (χ3n) is 9.07. The minimum Gasteiger partial charge on any atom is -0.394 e. The molecule has 0 saturated carbocycles. The zero-order valence-electron chi connectivity index (χ0n) is 23.5. The Labute approximate surface area is 231 Å². The lowest BCUT2D eigenvalue weighted by Crippen LogP contribution is -2.59. The topological polar surface area (TPSA) is 90.4 Å². The average Bonchev–Trinajstić information content (AvgIpc) is 3.22. The number of aliphatic hydroxyl groups is 1. The molecule has 0 radical (unpaired) electrons. The van der Waals surface area contributed by atoms with Crippen molar-refractivity contribution in [2.24, 2.45) is 17.8 Å². The van der Waals surface area contributed by atoms with E-state index < -0.39 is 35.1 Å². The highest BCUT2D eigenvalue weighted by molar-refractivity contribution is 6.00. The van der Waals surface area contributed by atoms with Gasteiger partial charge in [-0.05, 0) is 24.3 Å². The van der Waals surface area contributed by atoms with Gasteiger partial charge in [-0.3, -0.25) is 14.4 Å². The van der Waals surface area contributed by atoms with Crippen molar-refractivity contribution in [2.45, 2.75) is 70.4 Å². The van der Waals surface area contributed by atoms with Crippen LogP contribution in [0.5, 0.6) is 0 Å². The molecule has 8 heteroatoms. The van der Waals surface area contributed by atoms with E-state index in [1.54, 1.807) is 9.80 Å². The highest BCUT2D eigenvalue weighted by Gasteiger charge is 2.76. The van der Waals surface area contributed by atoms with E-state index in [0.717, 1.165) is 12.0 Å². The summed E-state index contributed by atoms with van der Waals surface area (Å²) < 4.78 is 7.01. The van der Waals surface area contributed by atoms with Gasteiger partial charge in [0.15, 0.2) is 0 Å². The van der Waals surface area contributed by atoms with Crippen molar-refractivity contribution < 1.29 is 24.2 Å². The Bertz CT molecular complexity index is 1170. The molecule has 0 aromatic heterocycles. The second-order valence-electron chi connectivity index (χ2n) is 11.7. The Kier molecular flexibility index (Phi) is 7.46. The van der Waals surface area contributed by atoms with Gasteiger partial charge in [-0.25, -0.2) is 0 Å². The molecule has 2 saturated heterocycles. The van der Waals surface area contributed by atoms with E-state index in [9.17, 15) is 19.5 Å². The minimum atomic E-state index is -1.31. The maximum atomic E-state index is 14.5. The maximum absolute atomic E-state index is 14.5. The van der Waals surface area contributed by atoms with E-state index in [0.29, 0.717) is 32.6 Å². The first-order valence-electron chi connectivity index (χ1n) is 14.3. The number of amides is 3. The third-order valence-corrected chi connectivity index (χ3v) is 9.07. The monoisotopic (exact) mass is 535 g/mol. The predicted molar refractivity (Wildman–Crippen MR) is 147 cm³/mol. The Balaban J connectivity index is 1.65. The molecule has 4 aliphatic heterocycles. The summed E-state index contributed by atoms with van der Waals surface area (Å²) in [5.41, 5.74) is -1.31. The lowest BCUT2D eigenvalue weighted by atomic mass is 9.73. The molecule has 4 aliphatic rings. The SMILES string of the molecule is CCCN1CC=C[C@@]2(CC)O[C@]34C=CCN(Cc5ccccc5)C(=O)C3N([C@@H](CO)C(C)C)C(=O)[C@@H]4[C@H]2C1=O. The van der Waals surface area contributed by atoms with Crippen LogP contribution in [0.1, 0.15) is 46.1 Å². The molecule has 1 unspecified atom stereocenters. The van der Waals surface area contributed by atoms with Gasteiger partial charge in [0.25, 0.3) is 0 Å². The van der Waals surface area contributed by atoms with Crippen molar-refractivity contribution in [3.05, 3.63) is 60.2 Å². The van der Waals surface area contributed by atoms with E-state index in [-0.39, 0.29) is 30.2 Å². The summed E-state index contributed by atoms with van der Waals surface area (Å²) in [6, 6.07) is 8.21. The first-order chi connectivity index (χ1) is 18.7. The van der Waals surface area contributed by atoms with Gasteiger partial charge in [0.2, 0.25) is 17.7 Å². The molecule has 1 spiro atoms. The number of hydrogen-bond donors (Lipinski definition) is 1. The lowest BCUT2D eigenvalue weighted by molar-refractivity contribution is -0.158. The van der Waals surface area contributed by atoms with Gasteiger partial charge in [-0.1, -0.05) is 82.3 Å². The predicted octanol–water partition coefficient (Wildman–Crippen LogP) is 2.77. The molecular formula is C31H41N3O5. The molecular weight excluding hydrogens is 494 g/mol. The highest BCUT2D eigenvalue weighted by Crippen LogP contribution is 2.59. The summed E-state index contributed by atoms with van der Waals surface area (Å²) in [5.74, 6) is -2.32. The fraction of sp³-hybridized carbons (Fsp3) is 0.581. The van der Waals surface area contributed by atoms with Crippen LogP contribution in [0, 0.1) is 17.8 Å². The van der Waals surface area contributed by atoms with Crippen molar-refractivity contribution in [2.75, 3.05) is 26.2 Å². The fourth-order valence-corrected chi connectivity index (χ4v) is 7.19. The van der Waals surface area contributed by atoms with Gasteiger partial charge in [-0.15, -0.1) is 0 Å². The molecule has 6 atom stereocenters. The molecule has 39 heavy (non-hydrogen) atoms. The van der Waals surface area contributed by atoms with Crippen LogP contribution in [0.3, 0.4) is 0 Å². The van der Waals surface area contributed by atoms with Crippen molar-refractivity contribution in [1.29, 1.82) is 0 Å². The molecule has 5 rings (SSSR count). The first kappa shape index (κ1) is 27.6. The Morgan fingerprint density at radius 2 is 1.64 bits per heavy atom. The summed E-state index contributed by atoms with van der Waals surface area (Å²) in [6.45, 7) is 9.42. The number of hydrogen-bond acceptors (Lipinski definition) is 5. The van der Waals surface area contributed by atoms with Crippen LogP contribution < -0.4 is 0 Å². The quantitative estimate of drug-likeness (QED) is 0.517. The van der Waals surface area contributed by atoms with Crippen molar-refractivity contribution >= 4 is 17.7 Å². The van der Waals surface area contributed by atoms with Crippen molar-refractivity contribution in [3.8, 4) is 0 Å². The van der Waals surface area contributed by atoms with Crippen LogP contribution >= 0.6 is 0 Å². The van der Waals surface area contributed by atoms with E-state index in [2.05, 4.69) is 0 Å². The second-order valence-corrected chi connectivity index (χ2v) is 11.7. The van der Waals surface area contributed by atoms with Gasteiger partial charge in [0, 0.05) is 26.2 Å². The van der Waals surface area contributed by atoms with E-state index in [1.807, 2.05) is 87.2 Å². The summed E-state index contributed by atoms with van der Waals surface area (Å²) in [6.07, 6.45) is 9.04.